The van der Waals surface area contributed by atoms with Crippen molar-refractivity contribution < 1.29 is 24.2 Å². The van der Waals surface area contributed by atoms with Crippen LogP contribution in [0, 0.1) is 17.8 Å². The van der Waals surface area contributed by atoms with Gasteiger partial charge in [-0.2, -0.15) is 0 Å². The highest BCUT2D eigenvalue weighted by Gasteiger charge is 2.51. The number of nitrogens with zero attached hydrogens (tertiary/aromatic N) is 1. The number of phenols is 1. The zero-order chi connectivity index (χ0) is 25.2. The van der Waals surface area contributed by atoms with Crippen molar-refractivity contribution in [2.45, 2.75) is 43.9 Å². The molecule has 4 saturated carbocycles. The highest BCUT2D eigenvalue weighted by molar-refractivity contribution is 6.39. The van der Waals surface area contributed by atoms with Crippen molar-refractivity contribution in [2.24, 2.45) is 17.8 Å². The second-order valence-corrected chi connectivity index (χ2v) is 11.2. The van der Waals surface area contributed by atoms with E-state index in [1.807, 2.05) is 12.1 Å². The minimum atomic E-state index is -0.797. The number of barbiturate groups is 1. The van der Waals surface area contributed by atoms with Gasteiger partial charge >= 0.3 is 6.03 Å². The largest absolute Gasteiger partial charge is 0.503 e. The number of phenolic OH excluding ortho intramolecular Hbond substituents is 1. The maximum atomic E-state index is 13.3. The summed E-state index contributed by atoms with van der Waals surface area (Å²) in [7, 11) is 1.37. The molecule has 4 amide bonds. The Hall–Kier alpha value is -3.32. The first kappa shape index (κ1) is 23.1. The van der Waals surface area contributed by atoms with Crippen LogP contribution >= 0.6 is 11.6 Å². The predicted octanol–water partition coefficient (Wildman–Crippen LogP) is 5.19. The molecule has 2 aromatic carbocycles. The molecule has 0 aromatic heterocycles. The normalized spacial score (nSPS) is 30.2. The van der Waals surface area contributed by atoms with E-state index in [2.05, 4.69) is 5.32 Å². The summed E-state index contributed by atoms with van der Waals surface area (Å²) in [6, 6.07) is 9.79. The van der Waals surface area contributed by atoms with Gasteiger partial charge in [-0.15, -0.1) is 0 Å². The Balaban J connectivity index is 1.30. The standard InChI is InChI=1S/C28H27ClN2O5/c1-36-23-11-15(10-22(29)24(23)32)9-21-25(33)30-27(35)31(26(21)34)20-4-2-19(3-5-20)28-12-16-6-17(13-28)8-18(7-16)14-28/h2-5,9-11,16-18,32H,6-8,12-14H2,1H3,(H,30,33,35)/b21-9+. The van der Waals surface area contributed by atoms with Crippen LogP contribution in [-0.2, 0) is 15.0 Å². The Bertz CT molecular complexity index is 1280. The summed E-state index contributed by atoms with van der Waals surface area (Å²) in [6.45, 7) is 0. The molecule has 7 nitrogen and oxygen atoms in total. The van der Waals surface area contributed by atoms with Gasteiger partial charge in [0.15, 0.2) is 11.5 Å². The van der Waals surface area contributed by atoms with Gasteiger partial charge in [0, 0.05) is 0 Å². The first-order valence-corrected chi connectivity index (χ1v) is 12.7. The van der Waals surface area contributed by atoms with E-state index in [9.17, 15) is 19.5 Å². The lowest BCUT2D eigenvalue weighted by Crippen LogP contribution is -2.54. The van der Waals surface area contributed by atoms with Gasteiger partial charge in [0.1, 0.15) is 5.57 Å². The van der Waals surface area contributed by atoms with Crippen LogP contribution in [0.4, 0.5) is 10.5 Å². The fourth-order valence-corrected chi connectivity index (χ4v) is 7.54. The summed E-state index contributed by atoms with van der Waals surface area (Å²) in [6.07, 6.45) is 9.09. The van der Waals surface area contributed by atoms with Crippen LogP contribution in [0.15, 0.2) is 42.0 Å². The monoisotopic (exact) mass is 506 g/mol. The van der Waals surface area contributed by atoms with Crippen molar-refractivity contribution in [3.8, 4) is 11.5 Å². The Morgan fingerprint density at radius 2 is 1.64 bits per heavy atom. The first-order valence-electron chi connectivity index (χ1n) is 12.3. The van der Waals surface area contributed by atoms with Gasteiger partial charge < -0.3 is 9.84 Å². The Morgan fingerprint density at radius 1 is 1.03 bits per heavy atom. The van der Waals surface area contributed by atoms with Crippen molar-refractivity contribution in [2.75, 3.05) is 12.0 Å². The van der Waals surface area contributed by atoms with Gasteiger partial charge in [-0.1, -0.05) is 23.7 Å². The second kappa shape index (κ2) is 8.37. The van der Waals surface area contributed by atoms with Gasteiger partial charge in [-0.25, -0.2) is 9.69 Å². The van der Waals surface area contributed by atoms with Crippen LogP contribution < -0.4 is 15.0 Å². The van der Waals surface area contributed by atoms with E-state index in [-0.39, 0.29) is 27.5 Å². The lowest BCUT2D eigenvalue weighted by Gasteiger charge is -2.57. The van der Waals surface area contributed by atoms with Crippen LogP contribution in [0.2, 0.25) is 5.02 Å². The second-order valence-electron chi connectivity index (χ2n) is 10.8. The lowest BCUT2D eigenvalue weighted by molar-refractivity contribution is -0.122. The third-order valence-electron chi connectivity index (χ3n) is 8.46. The fourth-order valence-electron chi connectivity index (χ4n) is 7.32. The minimum Gasteiger partial charge on any atom is -0.503 e. The third kappa shape index (κ3) is 3.68. The zero-order valence-electron chi connectivity index (χ0n) is 19.9. The van der Waals surface area contributed by atoms with Crippen LogP contribution in [0.3, 0.4) is 0 Å². The van der Waals surface area contributed by atoms with Crippen molar-refractivity contribution in [3.05, 3.63) is 58.1 Å². The molecule has 0 atom stereocenters. The average Bonchev–Trinajstić information content (AvgIpc) is 2.83. The Morgan fingerprint density at radius 3 is 2.22 bits per heavy atom. The number of rotatable bonds is 4. The number of hydrogen-bond acceptors (Lipinski definition) is 5. The van der Waals surface area contributed by atoms with Gasteiger partial charge in [0.05, 0.1) is 17.8 Å². The number of urea groups is 1. The third-order valence-corrected chi connectivity index (χ3v) is 8.75. The fraction of sp³-hybridized carbons (Fsp3) is 0.393. The number of hydrogen-bond donors (Lipinski definition) is 2. The molecule has 8 heteroatoms. The van der Waals surface area contributed by atoms with E-state index in [1.165, 1.54) is 69.4 Å². The molecule has 1 aliphatic heterocycles. The molecule has 4 aliphatic carbocycles. The summed E-state index contributed by atoms with van der Waals surface area (Å²) in [5.41, 5.74) is 2.06. The number of anilines is 1. The van der Waals surface area contributed by atoms with Crippen LogP contribution in [0.1, 0.15) is 49.7 Å². The molecule has 1 heterocycles. The Labute approximate surface area is 214 Å². The van der Waals surface area contributed by atoms with E-state index in [4.69, 9.17) is 16.3 Å². The van der Waals surface area contributed by atoms with E-state index in [0.717, 1.165) is 22.7 Å². The van der Waals surface area contributed by atoms with Gasteiger partial charge in [-0.05, 0) is 103 Å². The molecule has 4 bridgehead atoms. The lowest BCUT2D eigenvalue weighted by atomic mass is 9.48. The molecule has 7 rings (SSSR count). The molecule has 5 fully saturated rings. The quantitative estimate of drug-likeness (QED) is 0.439. The number of benzene rings is 2. The molecule has 0 unspecified atom stereocenters. The summed E-state index contributed by atoms with van der Waals surface area (Å²) >= 11 is 6.05. The molecule has 186 valence electrons. The molecule has 1 saturated heterocycles. The molecule has 0 radical (unpaired) electrons. The number of aromatic hydroxyl groups is 1. The molecule has 2 aromatic rings. The van der Waals surface area contributed by atoms with Crippen molar-refractivity contribution in [3.63, 3.8) is 0 Å². The van der Waals surface area contributed by atoms with Gasteiger partial charge in [0.25, 0.3) is 11.8 Å². The highest BCUT2D eigenvalue weighted by Crippen LogP contribution is 2.60. The van der Waals surface area contributed by atoms with E-state index >= 15 is 0 Å². The van der Waals surface area contributed by atoms with Crippen molar-refractivity contribution >= 4 is 41.2 Å². The number of ether oxygens (including phenoxy) is 1. The number of halogens is 1. The SMILES string of the molecule is COc1cc(/C=C2\C(=O)NC(=O)N(c3ccc(C45CC6CC(CC(C6)C4)C5)cc3)C2=O)cc(Cl)c1O. The summed E-state index contributed by atoms with van der Waals surface area (Å²) in [4.78, 5) is 39.6. The molecule has 0 spiro atoms. The van der Waals surface area contributed by atoms with Crippen molar-refractivity contribution in [1.29, 1.82) is 0 Å². The number of imide groups is 2. The summed E-state index contributed by atoms with van der Waals surface area (Å²) < 4.78 is 5.10. The molecular weight excluding hydrogens is 480 g/mol. The topological polar surface area (TPSA) is 95.9 Å². The number of carbonyl (C=O) groups is 3. The smallest absolute Gasteiger partial charge is 0.335 e. The first-order chi connectivity index (χ1) is 17.3. The summed E-state index contributed by atoms with van der Waals surface area (Å²) in [5, 5.41) is 12.2. The van der Waals surface area contributed by atoms with E-state index in [1.54, 1.807) is 12.1 Å². The van der Waals surface area contributed by atoms with E-state index < -0.39 is 17.8 Å². The molecule has 5 aliphatic rings. The van der Waals surface area contributed by atoms with Crippen LogP contribution in [-0.4, -0.2) is 30.1 Å². The molecule has 2 N–H and O–H groups in total. The van der Waals surface area contributed by atoms with Crippen LogP contribution in [0.5, 0.6) is 11.5 Å². The zero-order valence-corrected chi connectivity index (χ0v) is 20.7. The molecule has 36 heavy (non-hydrogen) atoms. The number of methoxy groups -OCH3 is 1. The maximum Gasteiger partial charge on any atom is 0.335 e. The molecular formula is C28H27ClN2O5. The minimum absolute atomic E-state index is 0.0121. The Kier molecular flexibility index (Phi) is 5.37. The highest BCUT2D eigenvalue weighted by atomic mass is 35.5. The maximum absolute atomic E-state index is 13.3. The average molecular weight is 507 g/mol. The summed E-state index contributed by atoms with van der Waals surface area (Å²) in [5.74, 6) is 0.787. The predicted molar refractivity (Wildman–Crippen MR) is 135 cm³/mol. The van der Waals surface area contributed by atoms with Crippen LogP contribution in [0.25, 0.3) is 6.08 Å². The van der Waals surface area contributed by atoms with E-state index in [0.29, 0.717) is 11.3 Å². The van der Waals surface area contributed by atoms with Gasteiger partial charge in [-0.3, -0.25) is 14.9 Å². The van der Waals surface area contributed by atoms with Gasteiger partial charge in [0.2, 0.25) is 0 Å². The number of amides is 4. The number of nitrogens with one attached hydrogen (secondary N) is 1. The number of carbonyl (C=O) groups excluding carboxylic acids is 3. The van der Waals surface area contributed by atoms with Crippen molar-refractivity contribution in [1.82, 2.24) is 5.32 Å².